The molecule has 68 heavy (non-hydrogen) atoms. The van der Waals surface area contributed by atoms with Gasteiger partial charge in [-0.05, 0) is 128 Å². The quantitative estimate of drug-likeness (QED) is 0.114. The van der Waals surface area contributed by atoms with Crippen molar-refractivity contribution in [2.75, 3.05) is 9.80 Å². The van der Waals surface area contributed by atoms with Gasteiger partial charge in [0, 0.05) is 22.7 Å². The van der Waals surface area contributed by atoms with Crippen LogP contribution in [0.4, 0.5) is 34.4 Å². The molecule has 0 unspecified atom stereocenters. The van der Waals surface area contributed by atoms with Crippen molar-refractivity contribution in [3.63, 3.8) is 0 Å². The van der Waals surface area contributed by atoms with Gasteiger partial charge in [0.15, 0.2) is 11.6 Å². The first-order valence-corrected chi connectivity index (χ1v) is 22.7. The number of hydrogen-bond acceptors (Lipinski definition) is 6. The maximum Gasteiger partial charge on any atom is 0.156 e. The predicted octanol–water partition coefficient (Wildman–Crippen LogP) is 16.2. The summed E-state index contributed by atoms with van der Waals surface area (Å²) in [6.07, 6.45) is 15.7. The van der Waals surface area contributed by atoms with Crippen LogP contribution in [-0.4, -0.2) is 19.9 Å². The lowest BCUT2D eigenvalue weighted by molar-refractivity contribution is 1.11. The van der Waals surface area contributed by atoms with E-state index in [1.165, 1.54) is 33.0 Å². The van der Waals surface area contributed by atoms with Gasteiger partial charge >= 0.3 is 0 Å². The summed E-state index contributed by atoms with van der Waals surface area (Å²) >= 11 is 0. The fourth-order valence-corrected chi connectivity index (χ4v) is 8.86. The van der Waals surface area contributed by atoms with Crippen LogP contribution in [0.3, 0.4) is 0 Å². The maximum absolute atomic E-state index is 4.90. The highest BCUT2D eigenvalue weighted by Crippen LogP contribution is 2.45. The van der Waals surface area contributed by atoms with E-state index in [4.69, 9.17) is 19.9 Å². The summed E-state index contributed by atoms with van der Waals surface area (Å²) in [6, 6.07) is 76.0. The lowest BCUT2D eigenvalue weighted by atomic mass is 9.84. The molecule has 0 radical (unpaired) electrons. The largest absolute Gasteiger partial charge is 0.294 e. The summed E-state index contributed by atoms with van der Waals surface area (Å²) in [6.45, 7) is 0. The Labute approximate surface area is 396 Å². The highest BCUT2D eigenvalue weighted by molar-refractivity contribution is 6.22. The van der Waals surface area contributed by atoms with Crippen LogP contribution in [0, 0.1) is 0 Å². The standard InChI is InChI=1S/C62H44N6/c1-7-19-47(20-8-1)61-55-37-33-45(31-35-49-41-65-59(43-63-49)67(51-23-11-3-12-24-51)52-25-13-4-14-26-52)39-57(55)58-40-46(34-38-56(58)62(61)48-21-9-2-10-22-48)32-36-50-42-66-60(44-64-50)68(53-27-15-5-16-28-53)54-29-17-6-18-30-54/h1-44H/b35-31+,36-32+. The topological polar surface area (TPSA) is 58.0 Å². The summed E-state index contributed by atoms with van der Waals surface area (Å²) < 4.78 is 0. The van der Waals surface area contributed by atoms with Gasteiger partial charge in [-0.3, -0.25) is 19.8 Å². The van der Waals surface area contributed by atoms with E-state index in [0.29, 0.717) is 0 Å². The Morgan fingerprint density at radius 3 is 0.912 bits per heavy atom. The average Bonchev–Trinajstić information content (AvgIpc) is 3.42. The molecule has 0 aliphatic carbocycles. The average molecular weight is 873 g/mol. The number of anilines is 6. The molecule has 2 aromatic heterocycles. The molecule has 2 heterocycles. The lowest BCUT2D eigenvalue weighted by Crippen LogP contribution is -2.11. The highest BCUT2D eigenvalue weighted by atomic mass is 15.2. The fourth-order valence-electron chi connectivity index (χ4n) is 8.86. The van der Waals surface area contributed by atoms with Crippen molar-refractivity contribution < 1.29 is 0 Å². The second-order valence-corrected chi connectivity index (χ2v) is 16.4. The van der Waals surface area contributed by atoms with E-state index in [0.717, 1.165) is 67.7 Å². The third-order valence-corrected chi connectivity index (χ3v) is 12.0. The minimum atomic E-state index is 0.742. The lowest BCUT2D eigenvalue weighted by Gasteiger charge is -2.23. The second kappa shape index (κ2) is 19.1. The molecule has 0 aliphatic rings. The third kappa shape index (κ3) is 8.65. The summed E-state index contributed by atoms with van der Waals surface area (Å²) in [5.41, 5.74) is 12.4. The van der Waals surface area contributed by atoms with E-state index < -0.39 is 0 Å². The fraction of sp³-hybridized carbons (Fsp3) is 0. The number of hydrogen-bond donors (Lipinski definition) is 0. The molecule has 11 rings (SSSR count). The molecule has 9 aromatic carbocycles. The van der Waals surface area contributed by atoms with Crippen molar-refractivity contribution in [3.8, 4) is 22.3 Å². The molecule has 0 fully saturated rings. The van der Waals surface area contributed by atoms with E-state index in [1.54, 1.807) is 0 Å². The van der Waals surface area contributed by atoms with Crippen LogP contribution in [0.5, 0.6) is 0 Å². The number of nitrogens with zero attached hydrogens (tertiary/aromatic N) is 6. The number of aromatic nitrogens is 4. The zero-order chi connectivity index (χ0) is 45.5. The molecule has 0 atom stereocenters. The van der Waals surface area contributed by atoms with Gasteiger partial charge in [0.25, 0.3) is 0 Å². The number of para-hydroxylation sites is 4. The van der Waals surface area contributed by atoms with Crippen molar-refractivity contribution >= 4 is 80.2 Å². The Kier molecular flexibility index (Phi) is 11.6. The van der Waals surface area contributed by atoms with E-state index in [2.05, 4.69) is 168 Å². The first-order valence-electron chi connectivity index (χ1n) is 22.7. The molecule has 0 saturated carbocycles. The molecule has 0 aliphatic heterocycles. The zero-order valence-electron chi connectivity index (χ0n) is 37.1. The monoisotopic (exact) mass is 872 g/mol. The van der Waals surface area contributed by atoms with Gasteiger partial charge in [0.2, 0.25) is 0 Å². The van der Waals surface area contributed by atoms with Crippen molar-refractivity contribution in [1.82, 2.24) is 19.9 Å². The Hall–Kier alpha value is -9.26. The first-order chi connectivity index (χ1) is 33.7. The molecule has 0 bridgehead atoms. The molecule has 11 aromatic rings. The van der Waals surface area contributed by atoms with Crippen LogP contribution in [-0.2, 0) is 0 Å². The summed E-state index contributed by atoms with van der Waals surface area (Å²) in [5, 5.41) is 4.67. The molecule has 0 spiro atoms. The van der Waals surface area contributed by atoms with Gasteiger partial charge in [0.05, 0.1) is 36.2 Å². The Morgan fingerprint density at radius 2 is 0.603 bits per heavy atom. The van der Waals surface area contributed by atoms with Crippen molar-refractivity contribution in [2.45, 2.75) is 0 Å². The Bertz CT molecular complexity index is 3190. The van der Waals surface area contributed by atoms with Gasteiger partial charge < -0.3 is 0 Å². The smallest absolute Gasteiger partial charge is 0.156 e. The van der Waals surface area contributed by atoms with Crippen molar-refractivity contribution in [3.05, 3.63) is 266 Å². The summed E-state index contributed by atoms with van der Waals surface area (Å²) in [7, 11) is 0. The van der Waals surface area contributed by atoms with E-state index in [-0.39, 0.29) is 0 Å². The van der Waals surface area contributed by atoms with E-state index in [9.17, 15) is 0 Å². The van der Waals surface area contributed by atoms with Gasteiger partial charge in [-0.1, -0.05) is 170 Å². The van der Waals surface area contributed by atoms with Crippen LogP contribution in [0.2, 0.25) is 0 Å². The number of benzene rings is 9. The second-order valence-electron chi connectivity index (χ2n) is 16.4. The summed E-state index contributed by atoms with van der Waals surface area (Å²) in [4.78, 5) is 23.8. The van der Waals surface area contributed by atoms with Crippen LogP contribution >= 0.6 is 0 Å². The van der Waals surface area contributed by atoms with Gasteiger partial charge in [-0.2, -0.15) is 0 Å². The SMILES string of the molecule is C(=C\c1cnc(N(c2ccccc2)c2ccccc2)cn1)/c1ccc2c(-c3ccccc3)c(-c3ccccc3)c3ccc(/C=C/c4cnc(N(c5ccccc5)c5ccccc5)cn4)cc3c2c1. The van der Waals surface area contributed by atoms with Crippen LogP contribution < -0.4 is 9.80 Å². The molecule has 322 valence electrons. The predicted molar refractivity (Wildman–Crippen MR) is 284 cm³/mol. The van der Waals surface area contributed by atoms with E-state index >= 15 is 0 Å². The number of rotatable bonds is 12. The molecular formula is C62H44N6. The molecule has 0 saturated heterocycles. The normalized spacial score (nSPS) is 11.4. The zero-order valence-corrected chi connectivity index (χ0v) is 37.1. The van der Waals surface area contributed by atoms with Gasteiger partial charge in [-0.15, -0.1) is 0 Å². The molecule has 6 nitrogen and oxygen atoms in total. The Balaban J connectivity index is 0.973. The van der Waals surface area contributed by atoms with Gasteiger partial charge in [0.1, 0.15) is 0 Å². The van der Waals surface area contributed by atoms with Crippen LogP contribution in [0.1, 0.15) is 22.5 Å². The molecule has 6 heteroatoms. The van der Waals surface area contributed by atoms with Crippen LogP contribution in [0.25, 0.3) is 68.1 Å². The van der Waals surface area contributed by atoms with Crippen LogP contribution in [0.15, 0.2) is 243 Å². The molecule has 0 N–H and O–H groups in total. The van der Waals surface area contributed by atoms with E-state index in [1.807, 2.05) is 110 Å². The Morgan fingerprint density at radius 1 is 0.279 bits per heavy atom. The summed E-state index contributed by atoms with van der Waals surface area (Å²) in [5.74, 6) is 1.48. The molecular weight excluding hydrogens is 829 g/mol. The first kappa shape index (κ1) is 41.4. The van der Waals surface area contributed by atoms with Crippen molar-refractivity contribution in [2.24, 2.45) is 0 Å². The minimum absolute atomic E-state index is 0.742. The molecule has 0 amide bonds. The highest BCUT2D eigenvalue weighted by Gasteiger charge is 2.19. The van der Waals surface area contributed by atoms with Gasteiger partial charge in [-0.25, -0.2) is 9.97 Å². The number of fused-ring (bicyclic) bond motifs is 3. The minimum Gasteiger partial charge on any atom is -0.294 e. The third-order valence-electron chi connectivity index (χ3n) is 12.0. The maximum atomic E-state index is 4.90. The van der Waals surface area contributed by atoms with Crippen molar-refractivity contribution in [1.29, 1.82) is 0 Å².